The number of benzene rings is 2. The van der Waals surface area contributed by atoms with Crippen LogP contribution < -0.4 is 19.1 Å². The molecule has 3 aliphatic heterocycles. The summed E-state index contributed by atoms with van der Waals surface area (Å²) in [7, 11) is 0. The Balaban J connectivity index is 1.51. The van der Waals surface area contributed by atoms with Gasteiger partial charge in [0.15, 0.2) is 11.5 Å². The number of hydrogen-bond acceptors (Lipinski definition) is 4. The third kappa shape index (κ3) is 2.65. The lowest BCUT2D eigenvalue weighted by Gasteiger charge is -2.26. The molecular formula is C23H27NO3. The molecule has 2 aromatic carbocycles. The molecule has 1 unspecified atom stereocenters. The molecule has 0 fully saturated rings. The van der Waals surface area contributed by atoms with E-state index in [1.54, 1.807) is 0 Å². The molecule has 0 radical (unpaired) electrons. The zero-order valence-electron chi connectivity index (χ0n) is 16.0. The molecule has 0 saturated heterocycles. The lowest BCUT2D eigenvalue weighted by Crippen LogP contribution is -2.36. The highest BCUT2D eigenvalue weighted by atomic mass is 16.6. The molecule has 0 aliphatic carbocycles. The molecule has 3 heterocycles. The van der Waals surface area contributed by atoms with Gasteiger partial charge < -0.3 is 19.1 Å². The smallest absolute Gasteiger partial charge is 0.165 e. The van der Waals surface area contributed by atoms with Gasteiger partial charge in [-0.25, -0.2) is 0 Å². The van der Waals surface area contributed by atoms with Crippen molar-refractivity contribution in [2.24, 2.45) is 0 Å². The summed E-state index contributed by atoms with van der Waals surface area (Å²) >= 11 is 0. The van der Waals surface area contributed by atoms with E-state index in [2.05, 4.69) is 42.2 Å². The van der Waals surface area contributed by atoms with Crippen molar-refractivity contribution < 1.29 is 14.2 Å². The fourth-order valence-corrected chi connectivity index (χ4v) is 4.78. The van der Waals surface area contributed by atoms with Crippen molar-refractivity contribution in [1.29, 1.82) is 0 Å². The molecule has 2 aromatic rings. The van der Waals surface area contributed by atoms with Crippen molar-refractivity contribution in [3.63, 3.8) is 0 Å². The first kappa shape index (κ1) is 16.8. The molecule has 1 spiro atoms. The van der Waals surface area contributed by atoms with E-state index in [1.807, 2.05) is 6.07 Å². The summed E-state index contributed by atoms with van der Waals surface area (Å²) < 4.78 is 17.8. The van der Waals surface area contributed by atoms with Crippen molar-refractivity contribution in [1.82, 2.24) is 0 Å². The first-order chi connectivity index (χ1) is 13.3. The zero-order chi connectivity index (χ0) is 18.3. The Morgan fingerprint density at radius 3 is 2.56 bits per heavy atom. The molecule has 142 valence electrons. The Bertz CT molecular complexity index is 850. The molecule has 0 saturated carbocycles. The molecule has 0 N–H and O–H groups in total. The van der Waals surface area contributed by atoms with Gasteiger partial charge in [0, 0.05) is 30.4 Å². The highest BCUT2D eigenvalue weighted by Crippen LogP contribution is 2.54. The number of nitrogens with zero attached hydrogens (tertiary/aromatic N) is 1. The van der Waals surface area contributed by atoms with Gasteiger partial charge in [-0.3, -0.25) is 0 Å². The fourth-order valence-electron chi connectivity index (χ4n) is 4.78. The maximum atomic E-state index is 6.19. The summed E-state index contributed by atoms with van der Waals surface area (Å²) in [5, 5.41) is 0. The van der Waals surface area contributed by atoms with Crippen LogP contribution in [0.5, 0.6) is 17.2 Å². The van der Waals surface area contributed by atoms with Crippen LogP contribution in [0.3, 0.4) is 0 Å². The van der Waals surface area contributed by atoms with Crippen LogP contribution in [0, 0.1) is 0 Å². The summed E-state index contributed by atoms with van der Waals surface area (Å²) in [6.45, 7) is 6.25. The van der Waals surface area contributed by atoms with Crippen molar-refractivity contribution >= 4 is 5.69 Å². The SMILES string of the molecule is CCCCCCN1CC2(COc3cc4c(cc32)OCCO4)c2ccccc21. The average molecular weight is 365 g/mol. The van der Waals surface area contributed by atoms with Crippen LogP contribution in [-0.4, -0.2) is 32.9 Å². The minimum Gasteiger partial charge on any atom is -0.492 e. The van der Waals surface area contributed by atoms with E-state index in [-0.39, 0.29) is 5.41 Å². The lowest BCUT2D eigenvalue weighted by molar-refractivity contribution is 0.171. The standard InChI is InChI=1S/C23H27NO3/c1-2-3-4-7-10-24-15-23(17-8-5-6-9-19(17)24)16-27-20-14-22-21(13-18(20)23)25-11-12-26-22/h5-6,8-9,13-14H,2-4,7,10-12,15-16H2,1H3. The van der Waals surface area contributed by atoms with Gasteiger partial charge in [0.25, 0.3) is 0 Å². The first-order valence-electron chi connectivity index (χ1n) is 10.2. The van der Waals surface area contributed by atoms with E-state index in [1.165, 1.54) is 42.5 Å². The Morgan fingerprint density at radius 2 is 1.70 bits per heavy atom. The monoisotopic (exact) mass is 365 g/mol. The van der Waals surface area contributed by atoms with Gasteiger partial charge in [0.2, 0.25) is 0 Å². The largest absolute Gasteiger partial charge is 0.492 e. The van der Waals surface area contributed by atoms with E-state index in [0.717, 1.165) is 30.3 Å². The molecule has 0 amide bonds. The van der Waals surface area contributed by atoms with Crippen LogP contribution in [-0.2, 0) is 5.41 Å². The van der Waals surface area contributed by atoms with Gasteiger partial charge in [-0.15, -0.1) is 0 Å². The van der Waals surface area contributed by atoms with Crippen LogP contribution in [0.25, 0.3) is 0 Å². The van der Waals surface area contributed by atoms with Crippen LogP contribution in [0.2, 0.25) is 0 Å². The molecule has 1 atom stereocenters. The van der Waals surface area contributed by atoms with Gasteiger partial charge >= 0.3 is 0 Å². The number of ether oxygens (including phenoxy) is 3. The summed E-state index contributed by atoms with van der Waals surface area (Å²) in [6.07, 6.45) is 5.13. The van der Waals surface area contributed by atoms with Crippen molar-refractivity contribution in [2.75, 3.05) is 37.8 Å². The molecule has 4 nitrogen and oxygen atoms in total. The highest BCUT2D eigenvalue weighted by Gasteiger charge is 2.50. The Labute approximate surface area is 161 Å². The van der Waals surface area contributed by atoms with Gasteiger partial charge in [-0.05, 0) is 24.1 Å². The number of fused-ring (bicyclic) bond motifs is 5. The summed E-state index contributed by atoms with van der Waals surface area (Å²) in [5.41, 5.74) is 3.89. The van der Waals surface area contributed by atoms with Crippen molar-refractivity contribution in [3.8, 4) is 17.2 Å². The van der Waals surface area contributed by atoms with Gasteiger partial charge in [0.05, 0.1) is 5.41 Å². The maximum Gasteiger partial charge on any atom is 0.165 e. The zero-order valence-corrected chi connectivity index (χ0v) is 16.0. The lowest BCUT2D eigenvalue weighted by atomic mass is 9.77. The second kappa shape index (κ2) is 6.66. The molecule has 0 bridgehead atoms. The number of unbranched alkanes of at least 4 members (excludes halogenated alkanes) is 3. The van der Waals surface area contributed by atoms with E-state index in [0.29, 0.717) is 19.8 Å². The maximum absolute atomic E-state index is 6.19. The van der Waals surface area contributed by atoms with E-state index < -0.39 is 0 Å². The normalized spacial score (nSPS) is 21.9. The predicted octanol–water partition coefficient (Wildman–Crippen LogP) is 4.54. The summed E-state index contributed by atoms with van der Waals surface area (Å²) in [4.78, 5) is 2.56. The molecule has 27 heavy (non-hydrogen) atoms. The Morgan fingerprint density at radius 1 is 0.889 bits per heavy atom. The van der Waals surface area contributed by atoms with Crippen LogP contribution >= 0.6 is 0 Å². The summed E-state index contributed by atoms with van der Waals surface area (Å²) in [6, 6.07) is 13.0. The molecule has 3 aliphatic rings. The Kier molecular flexibility index (Phi) is 4.14. The second-order valence-corrected chi connectivity index (χ2v) is 7.86. The third-order valence-electron chi connectivity index (χ3n) is 6.14. The van der Waals surface area contributed by atoms with Gasteiger partial charge in [-0.1, -0.05) is 44.4 Å². The van der Waals surface area contributed by atoms with Crippen LogP contribution in [0.4, 0.5) is 5.69 Å². The number of para-hydroxylation sites is 1. The number of rotatable bonds is 5. The minimum atomic E-state index is -0.105. The predicted molar refractivity (Wildman–Crippen MR) is 107 cm³/mol. The van der Waals surface area contributed by atoms with Crippen molar-refractivity contribution in [2.45, 2.75) is 38.0 Å². The van der Waals surface area contributed by atoms with Crippen LogP contribution in [0.15, 0.2) is 36.4 Å². The van der Waals surface area contributed by atoms with Crippen molar-refractivity contribution in [3.05, 3.63) is 47.5 Å². The van der Waals surface area contributed by atoms with Gasteiger partial charge in [-0.2, -0.15) is 0 Å². The second-order valence-electron chi connectivity index (χ2n) is 7.86. The minimum absolute atomic E-state index is 0.105. The molecular weight excluding hydrogens is 338 g/mol. The fraction of sp³-hybridized carbons (Fsp3) is 0.478. The number of anilines is 1. The first-order valence-corrected chi connectivity index (χ1v) is 10.2. The molecule has 5 rings (SSSR count). The van der Waals surface area contributed by atoms with Crippen LogP contribution in [0.1, 0.15) is 43.7 Å². The third-order valence-corrected chi connectivity index (χ3v) is 6.14. The average Bonchev–Trinajstić information content (AvgIpc) is 3.23. The molecule has 4 heteroatoms. The molecule has 0 aromatic heterocycles. The Hall–Kier alpha value is -2.36. The summed E-state index contributed by atoms with van der Waals surface area (Å²) in [5.74, 6) is 2.60. The quantitative estimate of drug-likeness (QED) is 0.728. The number of hydrogen-bond donors (Lipinski definition) is 0. The van der Waals surface area contributed by atoms with Gasteiger partial charge in [0.1, 0.15) is 25.6 Å². The highest BCUT2D eigenvalue weighted by molar-refractivity contribution is 5.70. The topological polar surface area (TPSA) is 30.9 Å². The van der Waals surface area contributed by atoms with E-state index in [9.17, 15) is 0 Å². The van der Waals surface area contributed by atoms with E-state index in [4.69, 9.17) is 14.2 Å². The van der Waals surface area contributed by atoms with E-state index >= 15 is 0 Å².